The van der Waals surface area contributed by atoms with Crippen molar-refractivity contribution in [1.82, 2.24) is 9.88 Å². The first kappa shape index (κ1) is 29.5. The van der Waals surface area contributed by atoms with Crippen molar-refractivity contribution in [2.45, 2.75) is 89.1 Å². The minimum atomic E-state index is -1.56. The van der Waals surface area contributed by atoms with Gasteiger partial charge in [0.2, 0.25) is 0 Å². The average Bonchev–Trinajstić information content (AvgIpc) is 3.61. The van der Waals surface area contributed by atoms with Gasteiger partial charge in [-0.15, -0.1) is 0 Å². The summed E-state index contributed by atoms with van der Waals surface area (Å²) in [6.07, 6.45) is 4.87. The number of ether oxygens (including phenoxy) is 2. The van der Waals surface area contributed by atoms with E-state index in [-0.39, 0.29) is 23.9 Å². The number of carboxylic acids is 1. The standard InChI is InChI=1S/C32H39F3N2O4/c1-20-16-23-22-10-6-7-11-26(22)36-28(23)29(37(20)19-31(2,3)35)27-24(33)17-21(18-25(27)34)40-14-8-4-5-9-15-41-32(12-13-32)30(38)39/h6-7,10-11,17-18,20,29,36H,4-5,8-9,12-16,19H2,1-3H3,(H,38,39)/t20-,29-/m1/s1. The Bertz CT molecular complexity index is 1370. The quantitative estimate of drug-likeness (QED) is 0.214. The normalized spacial score (nSPS) is 20.2. The van der Waals surface area contributed by atoms with Crippen molar-refractivity contribution in [3.05, 3.63) is 64.9 Å². The number of aromatic nitrogens is 1. The van der Waals surface area contributed by atoms with Gasteiger partial charge in [0.05, 0.1) is 12.6 Å². The Balaban J connectivity index is 1.27. The lowest BCUT2D eigenvalue weighted by atomic mass is 9.87. The summed E-state index contributed by atoms with van der Waals surface area (Å²) in [5, 5.41) is 10.2. The third kappa shape index (κ3) is 6.41. The zero-order valence-corrected chi connectivity index (χ0v) is 23.9. The van der Waals surface area contributed by atoms with E-state index in [9.17, 15) is 9.18 Å². The van der Waals surface area contributed by atoms with Crippen LogP contribution in [-0.4, -0.2) is 58.0 Å². The van der Waals surface area contributed by atoms with Crippen LogP contribution in [0.2, 0.25) is 0 Å². The van der Waals surface area contributed by atoms with Gasteiger partial charge in [-0.1, -0.05) is 24.6 Å². The van der Waals surface area contributed by atoms with Crippen LogP contribution in [0.3, 0.4) is 0 Å². The first-order chi connectivity index (χ1) is 19.5. The molecule has 2 heterocycles. The van der Waals surface area contributed by atoms with Crippen LogP contribution in [0.4, 0.5) is 13.2 Å². The molecule has 5 rings (SSSR count). The van der Waals surface area contributed by atoms with E-state index in [2.05, 4.69) is 4.98 Å². The number of unbranched alkanes of at least 4 members (excludes halogenated alkanes) is 3. The van der Waals surface area contributed by atoms with Gasteiger partial charge in [-0.25, -0.2) is 18.0 Å². The number of aromatic amines is 1. The van der Waals surface area contributed by atoms with Gasteiger partial charge in [0.1, 0.15) is 23.1 Å². The molecule has 3 aromatic rings. The van der Waals surface area contributed by atoms with Gasteiger partial charge in [-0.2, -0.15) is 0 Å². The second-order valence-corrected chi connectivity index (χ2v) is 12.1. The van der Waals surface area contributed by atoms with Gasteiger partial charge in [0.15, 0.2) is 5.60 Å². The molecular formula is C32H39F3N2O4. The summed E-state index contributed by atoms with van der Waals surface area (Å²) in [7, 11) is 0. The predicted molar refractivity (Wildman–Crippen MR) is 151 cm³/mol. The summed E-state index contributed by atoms with van der Waals surface area (Å²) in [6, 6.07) is 9.27. The van der Waals surface area contributed by atoms with Gasteiger partial charge in [-0.3, -0.25) is 4.90 Å². The molecule has 0 bridgehead atoms. The van der Waals surface area contributed by atoms with Crippen molar-refractivity contribution in [2.75, 3.05) is 19.8 Å². The van der Waals surface area contributed by atoms with Crippen molar-refractivity contribution in [2.24, 2.45) is 0 Å². The Morgan fingerprint density at radius 2 is 1.76 bits per heavy atom. The number of aliphatic carboxylic acids is 1. The first-order valence-electron chi connectivity index (χ1n) is 14.5. The number of fused-ring (bicyclic) bond motifs is 3. The van der Waals surface area contributed by atoms with E-state index in [4.69, 9.17) is 14.6 Å². The molecule has 6 nitrogen and oxygen atoms in total. The highest BCUT2D eigenvalue weighted by molar-refractivity contribution is 5.85. The topological polar surface area (TPSA) is 74.8 Å². The van der Waals surface area contributed by atoms with Crippen LogP contribution < -0.4 is 4.74 Å². The number of carboxylic acid groups (broad SMARTS) is 1. The maximum absolute atomic E-state index is 15.7. The van der Waals surface area contributed by atoms with Crippen molar-refractivity contribution in [3.8, 4) is 5.75 Å². The lowest BCUT2D eigenvalue weighted by Crippen LogP contribution is -2.48. The maximum atomic E-state index is 15.7. The van der Waals surface area contributed by atoms with E-state index in [1.807, 2.05) is 36.1 Å². The number of hydrogen-bond donors (Lipinski definition) is 2. The minimum Gasteiger partial charge on any atom is -0.493 e. The molecule has 0 spiro atoms. The van der Waals surface area contributed by atoms with Crippen LogP contribution in [0, 0.1) is 11.6 Å². The Hall–Kier alpha value is -3.04. The maximum Gasteiger partial charge on any atom is 0.335 e. The molecular weight excluding hydrogens is 533 g/mol. The minimum absolute atomic E-state index is 0.0209. The van der Waals surface area contributed by atoms with E-state index in [1.54, 1.807) is 0 Å². The third-order valence-electron chi connectivity index (χ3n) is 8.18. The van der Waals surface area contributed by atoms with Crippen LogP contribution in [0.15, 0.2) is 36.4 Å². The fraction of sp³-hybridized carbons (Fsp3) is 0.531. The fourth-order valence-electron chi connectivity index (χ4n) is 5.95. The molecule has 0 radical (unpaired) electrons. The van der Waals surface area contributed by atoms with Crippen molar-refractivity contribution >= 4 is 16.9 Å². The largest absolute Gasteiger partial charge is 0.493 e. The van der Waals surface area contributed by atoms with E-state index < -0.39 is 34.9 Å². The second kappa shape index (κ2) is 11.7. The molecule has 41 heavy (non-hydrogen) atoms. The molecule has 1 aromatic heterocycles. The van der Waals surface area contributed by atoms with Gasteiger partial charge < -0.3 is 19.6 Å². The van der Waals surface area contributed by atoms with Crippen molar-refractivity contribution in [1.29, 1.82) is 0 Å². The lowest BCUT2D eigenvalue weighted by Gasteiger charge is -2.43. The molecule has 2 aromatic carbocycles. The van der Waals surface area contributed by atoms with Crippen LogP contribution >= 0.6 is 0 Å². The Morgan fingerprint density at radius 3 is 2.39 bits per heavy atom. The molecule has 1 aliphatic heterocycles. The molecule has 0 amide bonds. The molecule has 1 fully saturated rings. The number of hydrogen-bond acceptors (Lipinski definition) is 4. The SMILES string of the molecule is C[C@@H]1Cc2c([nH]c3ccccc23)[C@@H](c2c(F)cc(OCCCCCCOC3(C(=O)O)CC3)cc2F)N1CC(C)(C)F. The number of halogens is 3. The van der Waals surface area contributed by atoms with E-state index in [1.165, 1.54) is 26.0 Å². The van der Waals surface area contributed by atoms with Crippen LogP contribution in [0.25, 0.3) is 10.9 Å². The van der Waals surface area contributed by atoms with Gasteiger partial charge in [-0.05, 0) is 70.9 Å². The number of benzene rings is 2. The molecule has 9 heteroatoms. The number of nitrogens with zero attached hydrogens (tertiary/aromatic N) is 1. The summed E-state index contributed by atoms with van der Waals surface area (Å²) in [6.45, 7) is 5.65. The summed E-state index contributed by atoms with van der Waals surface area (Å²) in [5.41, 5.74) is -0.0548. The van der Waals surface area contributed by atoms with Crippen LogP contribution in [0.1, 0.15) is 82.2 Å². The molecule has 1 aliphatic carbocycles. The van der Waals surface area contributed by atoms with Crippen molar-refractivity contribution in [3.63, 3.8) is 0 Å². The molecule has 2 N–H and O–H groups in total. The average molecular weight is 573 g/mol. The zero-order chi connectivity index (χ0) is 29.4. The van der Waals surface area contributed by atoms with Gasteiger partial charge in [0.25, 0.3) is 0 Å². The highest BCUT2D eigenvalue weighted by Crippen LogP contribution is 2.44. The number of alkyl halides is 1. The first-order valence-corrected chi connectivity index (χ1v) is 14.5. The number of carbonyl (C=O) groups is 1. The molecule has 222 valence electrons. The molecule has 0 unspecified atom stereocenters. The summed E-state index contributed by atoms with van der Waals surface area (Å²) >= 11 is 0. The van der Waals surface area contributed by atoms with Gasteiger partial charge in [0, 0.05) is 53.5 Å². The number of para-hydroxylation sites is 1. The van der Waals surface area contributed by atoms with E-state index >= 15 is 8.78 Å². The Labute approximate surface area is 238 Å². The second-order valence-electron chi connectivity index (χ2n) is 12.1. The lowest BCUT2D eigenvalue weighted by molar-refractivity contribution is -0.153. The highest BCUT2D eigenvalue weighted by Gasteiger charge is 2.51. The number of nitrogens with one attached hydrogen (secondary N) is 1. The van der Waals surface area contributed by atoms with Crippen LogP contribution in [-0.2, 0) is 16.0 Å². The smallest absolute Gasteiger partial charge is 0.335 e. The molecule has 1 saturated carbocycles. The molecule has 2 aliphatic rings. The predicted octanol–water partition coefficient (Wildman–Crippen LogP) is 7.10. The van der Waals surface area contributed by atoms with E-state index in [0.717, 1.165) is 35.7 Å². The Morgan fingerprint density at radius 1 is 1.10 bits per heavy atom. The van der Waals surface area contributed by atoms with Crippen LogP contribution in [0.5, 0.6) is 5.75 Å². The highest BCUT2D eigenvalue weighted by atomic mass is 19.1. The van der Waals surface area contributed by atoms with Gasteiger partial charge >= 0.3 is 5.97 Å². The number of H-pyrrole nitrogens is 1. The monoisotopic (exact) mass is 572 g/mol. The summed E-state index contributed by atoms with van der Waals surface area (Å²) in [4.78, 5) is 16.4. The van der Waals surface area contributed by atoms with Crippen molar-refractivity contribution < 1.29 is 32.5 Å². The molecule has 2 atom stereocenters. The number of rotatable bonds is 13. The summed E-state index contributed by atoms with van der Waals surface area (Å²) in [5.74, 6) is -2.23. The third-order valence-corrected chi connectivity index (χ3v) is 8.18. The van der Waals surface area contributed by atoms with E-state index in [0.29, 0.717) is 44.6 Å². The molecule has 0 saturated heterocycles. The summed E-state index contributed by atoms with van der Waals surface area (Å²) < 4.78 is 57.6. The zero-order valence-electron chi connectivity index (χ0n) is 23.9. The fourth-order valence-corrected chi connectivity index (χ4v) is 5.95. The Kier molecular flexibility index (Phi) is 8.39.